The largest absolute Gasteiger partial charge is 0.435 e. The lowest BCUT2D eigenvalue weighted by molar-refractivity contribution is -0.140. The van der Waals surface area contributed by atoms with Crippen LogP contribution in [-0.2, 0) is 12.4 Å². The van der Waals surface area contributed by atoms with E-state index in [2.05, 4.69) is 10.2 Å². The first kappa shape index (κ1) is 15.8. The van der Waals surface area contributed by atoms with Gasteiger partial charge in [-0.05, 0) is 12.1 Å². The van der Waals surface area contributed by atoms with E-state index in [0.29, 0.717) is 6.07 Å². The molecule has 0 saturated carbocycles. The molecule has 2 aromatic rings. The highest BCUT2D eigenvalue weighted by Gasteiger charge is 2.37. The molecular weight excluding hydrogens is 318 g/mol. The topological polar surface area (TPSA) is 73.4 Å². The van der Waals surface area contributed by atoms with Crippen molar-refractivity contribution < 1.29 is 26.3 Å². The highest BCUT2D eigenvalue weighted by Crippen LogP contribution is 2.37. The summed E-state index contributed by atoms with van der Waals surface area (Å²) in [6.45, 7) is 0. The Morgan fingerprint density at radius 2 is 1.50 bits per heavy atom. The van der Waals surface area contributed by atoms with E-state index in [0.717, 1.165) is 12.1 Å². The summed E-state index contributed by atoms with van der Waals surface area (Å²) in [6, 6.07) is 3.91. The van der Waals surface area contributed by atoms with Crippen molar-refractivity contribution in [1.82, 2.24) is 10.2 Å². The SMILES string of the molecule is O=c1[nH][nH]c(C(F)(F)F)c1N=Nc1ccccc1C(F)(F)F. The Morgan fingerprint density at radius 3 is 2.09 bits per heavy atom. The lowest BCUT2D eigenvalue weighted by Gasteiger charge is -2.08. The standard InChI is InChI=1S/C11H6F6N4O/c12-10(13,14)5-3-1-2-4-6(5)18-19-7-8(11(15,16)17)20-21-9(7)22/h1-4H,(H2,20,21,22). The van der Waals surface area contributed by atoms with Gasteiger partial charge in [0.1, 0.15) is 0 Å². The average Bonchev–Trinajstić information content (AvgIpc) is 2.77. The number of hydrogen-bond acceptors (Lipinski definition) is 3. The summed E-state index contributed by atoms with van der Waals surface area (Å²) < 4.78 is 75.9. The van der Waals surface area contributed by atoms with Crippen LogP contribution in [0.4, 0.5) is 37.7 Å². The molecular formula is C11H6F6N4O. The minimum Gasteiger partial charge on any atom is -0.292 e. The first-order chi connectivity index (χ1) is 10.1. The van der Waals surface area contributed by atoms with Gasteiger partial charge in [-0.25, -0.2) is 0 Å². The molecule has 22 heavy (non-hydrogen) atoms. The third-order valence-corrected chi connectivity index (χ3v) is 2.50. The van der Waals surface area contributed by atoms with Crippen LogP contribution >= 0.6 is 0 Å². The Kier molecular flexibility index (Phi) is 3.81. The maximum Gasteiger partial charge on any atom is 0.435 e. The highest BCUT2D eigenvalue weighted by atomic mass is 19.4. The van der Waals surface area contributed by atoms with Crippen LogP contribution in [0.3, 0.4) is 0 Å². The molecule has 0 bridgehead atoms. The molecule has 0 spiro atoms. The molecule has 0 amide bonds. The van der Waals surface area contributed by atoms with E-state index in [1.165, 1.54) is 6.07 Å². The van der Waals surface area contributed by atoms with Gasteiger partial charge in [0, 0.05) is 0 Å². The summed E-state index contributed by atoms with van der Waals surface area (Å²) in [5.74, 6) is 0. The van der Waals surface area contributed by atoms with Crippen molar-refractivity contribution in [2.45, 2.75) is 12.4 Å². The molecule has 2 rings (SSSR count). The van der Waals surface area contributed by atoms with E-state index in [9.17, 15) is 31.1 Å². The first-order valence-corrected chi connectivity index (χ1v) is 5.56. The van der Waals surface area contributed by atoms with Gasteiger partial charge in [0.25, 0.3) is 5.56 Å². The number of H-pyrrole nitrogens is 2. The quantitative estimate of drug-likeness (QED) is 0.632. The number of nitrogens with one attached hydrogen (secondary N) is 2. The molecule has 118 valence electrons. The van der Waals surface area contributed by atoms with Crippen LogP contribution < -0.4 is 5.56 Å². The number of rotatable bonds is 2. The Bertz CT molecular complexity index is 755. The normalized spacial score (nSPS) is 13.0. The lowest BCUT2D eigenvalue weighted by Crippen LogP contribution is -2.06. The van der Waals surface area contributed by atoms with E-state index in [-0.39, 0.29) is 0 Å². The number of azo groups is 1. The van der Waals surface area contributed by atoms with Crippen LogP contribution in [-0.4, -0.2) is 10.2 Å². The summed E-state index contributed by atoms with van der Waals surface area (Å²) in [5.41, 5.74) is -5.81. The predicted molar refractivity (Wildman–Crippen MR) is 62.0 cm³/mol. The van der Waals surface area contributed by atoms with Crippen molar-refractivity contribution in [2.24, 2.45) is 10.2 Å². The fraction of sp³-hybridized carbons (Fsp3) is 0.182. The molecule has 0 unspecified atom stereocenters. The van der Waals surface area contributed by atoms with Crippen LogP contribution in [0.2, 0.25) is 0 Å². The minimum absolute atomic E-state index is 0.695. The Labute approximate surface area is 117 Å². The second-order valence-corrected chi connectivity index (χ2v) is 4.02. The van der Waals surface area contributed by atoms with Gasteiger partial charge in [-0.15, -0.1) is 10.2 Å². The van der Waals surface area contributed by atoms with E-state index in [1.807, 2.05) is 0 Å². The molecule has 0 aliphatic heterocycles. The average molecular weight is 324 g/mol. The zero-order valence-electron chi connectivity index (χ0n) is 10.4. The molecule has 0 fully saturated rings. The van der Waals surface area contributed by atoms with Crippen LogP contribution in [0.5, 0.6) is 0 Å². The predicted octanol–water partition coefficient (Wildman–Crippen LogP) is 4.16. The third kappa shape index (κ3) is 3.18. The Balaban J connectivity index is 2.48. The maximum absolute atomic E-state index is 12.7. The zero-order valence-corrected chi connectivity index (χ0v) is 10.4. The van der Waals surface area contributed by atoms with Crippen molar-refractivity contribution in [3.63, 3.8) is 0 Å². The van der Waals surface area contributed by atoms with Crippen molar-refractivity contribution in [1.29, 1.82) is 0 Å². The highest BCUT2D eigenvalue weighted by molar-refractivity contribution is 5.48. The molecule has 2 N–H and O–H groups in total. The van der Waals surface area contributed by atoms with Crippen LogP contribution in [0.1, 0.15) is 11.3 Å². The third-order valence-electron chi connectivity index (χ3n) is 2.50. The molecule has 1 aromatic heterocycles. The van der Waals surface area contributed by atoms with Crippen molar-refractivity contribution in [2.75, 3.05) is 0 Å². The molecule has 0 atom stereocenters. The summed E-state index contributed by atoms with van der Waals surface area (Å²) >= 11 is 0. The van der Waals surface area contributed by atoms with Crippen LogP contribution in [0, 0.1) is 0 Å². The van der Waals surface area contributed by atoms with Crippen LogP contribution in [0.25, 0.3) is 0 Å². The van der Waals surface area contributed by atoms with Gasteiger partial charge in [0.15, 0.2) is 11.4 Å². The number of halogens is 6. The van der Waals surface area contributed by atoms with E-state index < -0.39 is 40.5 Å². The maximum atomic E-state index is 12.7. The number of benzene rings is 1. The van der Waals surface area contributed by atoms with Gasteiger partial charge in [-0.2, -0.15) is 26.3 Å². The molecule has 0 radical (unpaired) electrons. The lowest BCUT2D eigenvalue weighted by atomic mass is 10.2. The number of hydrogen-bond donors (Lipinski definition) is 2. The molecule has 11 heteroatoms. The van der Waals surface area contributed by atoms with Crippen molar-refractivity contribution >= 4 is 11.4 Å². The molecule has 0 aliphatic rings. The summed E-state index contributed by atoms with van der Waals surface area (Å²) in [4.78, 5) is 11.2. The van der Waals surface area contributed by atoms with E-state index in [1.54, 1.807) is 10.2 Å². The fourth-order valence-corrected chi connectivity index (χ4v) is 1.56. The van der Waals surface area contributed by atoms with Crippen molar-refractivity contribution in [3.8, 4) is 0 Å². The number of aromatic nitrogens is 2. The van der Waals surface area contributed by atoms with Gasteiger partial charge in [-0.3, -0.25) is 15.0 Å². The minimum atomic E-state index is -4.93. The van der Waals surface area contributed by atoms with Gasteiger partial charge in [0.2, 0.25) is 0 Å². The summed E-state index contributed by atoms with van der Waals surface area (Å²) in [5, 5.41) is 9.33. The van der Waals surface area contributed by atoms with E-state index in [4.69, 9.17) is 0 Å². The number of nitrogens with zero attached hydrogens (tertiary/aromatic N) is 2. The second-order valence-electron chi connectivity index (χ2n) is 4.02. The number of alkyl halides is 6. The first-order valence-electron chi connectivity index (χ1n) is 5.56. The summed E-state index contributed by atoms with van der Waals surface area (Å²) in [7, 11) is 0. The Morgan fingerprint density at radius 1 is 0.864 bits per heavy atom. The smallest absolute Gasteiger partial charge is 0.292 e. The Hall–Kier alpha value is -2.59. The summed E-state index contributed by atoms with van der Waals surface area (Å²) in [6.07, 6.45) is -9.69. The fourth-order valence-electron chi connectivity index (χ4n) is 1.56. The van der Waals surface area contributed by atoms with Gasteiger partial charge in [-0.1, -0.05) is 12.1 Å². The van der Waals surface area contributed by atoms with Crippen LogP contribution in [0.15, 0.2) is 39.3 Å². The molecule has 5 nitrogen and oxygen atoms in total. The molecule has 0 aliphatic carbocycles. The molecule has 0 saturated heterocycles. The molecule has 1 aromatic carbocycles. The monoisotopic (exact) mass is 324 g/mol. The van der Waals surface area contributed by atoms with Gasteiger partial charge < -0.3 is 0 Å². The molecule has 1 heterocycles. The van der Waals surface area contributed by atoms with Crippen molar-refractivity contribution in [3.05, 3.63) is 45.9 Å². The zero-order chi connectivity index (χ0) is 16.5. The van der Waals surface area contributed by atoms with E-state index >= 15 is 0 Å². The van der Waals surface area contributed by atoms with Gasteiger partial charge >= 0.3 is 12.4 Å². The second kappa shape index (κ2) is 5.31. The van der Waals surface area contributed by atoms with Gasteiger partial charge in [0.05, 0.1) is 11.3 Å². The number of aromatic amines is 2.